The lowest BCUT2D eigenvalue weighted by molar-refractivity contribution is 0.585. The number of hydrogen-bond acceptors (Lipinski definition) is 3. The fourth-order valence-corrected chi connectivity index (χ4v) is 2.12. The Balaban J connectivity index is 2.95. The first-order chi connectivity index (χ1) is 7.63. The van der Waals surface area contributed by atoms with Gasteiger partial charge in [-0.2, -0.15) is 0 Å². The third kappa shape index (κ3) is 2.73. The van der Waals surface area contributed by atoms with Crippen molar-refractivity contribution in [1.82, 2.24) is 4.98 Å². The topological polar surface area (TPSA) is 42.2 Å². The summed E-state index contributed by atoms with van der Waals surface area (Å²) in [6, 6.07) is 2.69. The molecule has 0 bridgehead atoms. The van der Waals surface area contributed by atoms with Crippen LogP contribution in [0.2, 0.25) is 0 Å². The van der Waals surface area contributed by atoms with Crippen molar-refractivity contribution in [1.29, 1.82) is 0 Å². The van der Waals surface area contributed by atoms with Crippen molar-refractivity contribution in [2.45, 2.75) is 46.2 Å². The summed E-state index contributed by atoms with van der Waals surface area (Å²) < 4.78 is 0. The molecular weight excluding hydrogens is 198 g/mol. The van der Waals surface area contributed by atoms with Gasteiger partial charge < -0.3 is 10.6 Å². The van der Waals surface area contributed by atoms with Crippen LogP contribution >= 0.6 is 0 Å². The first kappa shape index (κ1) is 13.0. The minimum Gasteiger partial charge on any atom is -0.357 e. The van der Waals surface area contributed by atoms with E-state index in [4.69, 9.17) is 5.73 Å². The van der Waals surface area contributed by atoms with Crippen molar-refractivity contribution in [2.75, 3.05) is 11.9 Å². The molecule has 0 spiro atoms. The zero-order valence-corrected chi connectivity index (χ0v) is 10.8. The van der Waals surface area contributed by atoms with Crippen molar-refractivity contribution in [3.05, 3.63) is 23.4 Å². The lowest BCUT2D eigenvalue weighted by Gasteiger charge is -2.28. The van der Waals surface area contributed by atoms with Gasteiger partial charge in [0.1, 0.15) is 5.82 Å². The molecule has 1 heterocycles. The number of aryl methyl sites for hydroxylation is 1. The quantitative estimate of drug-likeness (QED) is 0.830. The van der Waals surface area contributed by atoms with Crippen molar-refractivity contribution >= 4 is 5.82 Å². The molecular formula is C13H23N3. The lowest BCUT2D eigenvalue weighted by Crippen LogP contribution is -2.31. The minimum absolute atomic E-state index is 0.558. The van der Waals surface area contributed by atoms with E-state index in [0.717, 1.165) is 24.2 Å². The average Bonchev–Trinajstić information content (AvgIpc) is 2.30. The zero-order valence-electron chi connectivity index (χ0n) is 10.8. The molecule has 2 N–H and O–H groups in total. The number of pyridine rings is 1. The first-order valence-electron chi connectivity index (χ1n) is 6.02. The second-order valence-electron chi connectivity index (χ2n) is 4.27. The molecule has 16 heavy (non-hydrogen) atoms. The van der Waals surface area contributed by atoms with Crippen LogP contribution in [-0.4, -0.2) is 18.1 Å². The Morgan fingerprint density at radius 1 is 1.38 bits per heavy atom. The first-order valence-corrected chi connectivity index (χ1v) is 6.02. The smallest absolute Gasteiger partial charge is 0.131 e. The van der Waals surface area contributed by atoms with Gasteiger partial charge in [-0.25, -0.2) is 4.98 Å². The van der Waals surface area contributed by atoms with Crippen molar-refractivity contribution in [2.24, 2.45) is 5.73 Å². The van der Waals surface area contributed by atoms with Crippen LogP contribution in [0.1, 0.15) is 37.8 Å². The maximum absolute atomic E-state index is 5.60. The lowest BCUT2D eigenvalue weighted by atomic mass is 10.1. The summed E-state index contributed by atoms with van der Waals surface area (Å²) >= 11 is 0. The third-order valence-corrected chi connectivity index (χ3v) is 3.17. The number of aromatic nitrogens is 1. The largest absolute Gasteiger partial charge is 0.357 e. The summed E-state index contributed by atoms with van der Waals surface area (Å²) in [5.74, 6) is 1.07. The van der Waals surface area contributed by atoms with E-state index in [-0.39, 0.29) is 0 Å². The van der Waals surface area contributed by atoms with E-state index in [1.54, 1.807) is 0 Å². The summed E-state index contributed by atoms with van der Waals surface area (Å²) in [6.07, 6.45) is 4.17. The van der Waals surface area contributed by atoms with Gasteiger partial charge in [0.2, 0.25) is 0 Å². The normalized spacial score (nSPS) is 10.9. The molecule has 0 atom stereocenters. The van der Waals surface area contributed by atoms with E-state index < -0.39 is 0 Å². The molecule has 1 aromatic heterocycles. The predicted molar refractivity (Wildman–Crippen MR) is 69.6 cm³/mol. The summed E-state index contributed by atoms with van der Waals surface area (Å²) in [6.45, 7) is 7.09. The van der Waals surface area contributed by atoms with Crippen LogP contribution in [0.4, 0.5) is 5.82 Å². The molecule has 0 saturated heterocycles. The monoisotopic (exact) mass is 221 g/mol. The molecule has 0 saturated carbocycles. The molecule has 0 fully saturated rings. The van der Waals surface area contributed by atoms with Crippen molar-refractivity contribution in [3.63, 3.8) is 0 Å². The van der Waals surface area contributed by atoms with E-state index in [9.17, 15) is 0 Å². The van der Waals surface area contributed by atoms with Gasteiger partial charge in [-0.1, -0.05) is 13.8 Å². The SMILES string of the molecule is CCC(CC)N(C)c1ncc(CN)cc1C. The number of nitrogens with two attached hydrogens (primary N) is 1. The highest BCUT2D eigenvalue weighted by atomic mass is 15.2. The van der Waals surface area contributed by atoms with Gasteiger partial charge >= 0.3 is 0 Å². The van der Waals surface area contributed by atoms with E-state index in [0.29, 0.717) is 12.6 Å². The maximum atomic E-state index is 5.60. The highest BCUT2D eigenvalue weighted by molar-refractivity contribution is 5.47. The molecule has 90 valence electrons. The predicted octanol–water partition coefficient (Wildman–Crippen LogP) is 2.47. The summed E-state index contributed by atoms with van der Waals surface area (Å²) in [7, 11) is 2.12. The van der Waals surface area contributed by atoms with Gasteiger partial charge in [-0.3, -0.25) is 0 Å². The average molecular weight is 221 g/mol. The third-order valence-electron chi connectivity index (χ3n) is 3.17. The molecule has 0 amide bonds. The second-order valence-corrected chi connectivity index (χ2v) is 4.27. The Kier molecular flexibility index (Phi) is 4.74. The molecule has 3 nitrogen and oxygen atoms in total. The van der Waals surface area contributed by atoms with Crippen LogP contribution in [0.5, 0.6) is 0 Å². The Morgan fingerprint density at radius 3 is 2.44 bits per heavy atom. The summed E-state index contributed by atoms with van der Waals surface area (Å²) in [4.78, 5) is 6.79. The van der Waals surface area contributed by atoms with Gasteiger partial charge in [0.05, 0.1) is 0 Å². The van der Waals surface area contributed by atoms with E-state index >= 15 is 0 Å². The summed E-state index contributed by atoms with van der Waals surface area (Å²) in [5, 5.41) is 0. The Hall–Kier alpha value is -1.09. The molecule has 0 aliphatic rings. The Labute approximate surface area is 98.7 Å². The van der Waals surface area contributed by atoms with Crippen molar-refractivity contribution < 1.29 is 0 Å². The second kappa shape index (κ2) is 5.85. The van der Waals surface area contributed by atoms with Gasteiger partial charge in [0.15, 0.2) is 0 Å². The molecule has 0 radical (unpaired) electrons. The minimum atomic E-state index is 0.558. The zero-order chi connectivity index (χ0) is 12.1. The van der Waals surface area contributed by atoms with Gasteiger partial charge in [-0.05, 0) is 37.0 Å². The van der Waals surface area contributed by atoms with Crippen LogP contribution in [0.3, 0.4) is 0 Å². The molecule has 0 aromatic carbocycles. The number of rotatable bonds is 5. The Bertz CT molecular complexity index is 332. The van der Waals surface area contributed by atoms with E-state index in [2.05, 4.69) is 43.8 Å². The Morgan fingerprint density at radius 2 is 2.00 bits per heavy atom. The molecule has 0 aliphatic carbocycles. The molecule has 0 aliphatic heterocycles. The van der Waals surface area contributed by atoms with Gasteiger partial charge in [-0.15, -0.1) is 0 Å². The molecule has 3 heteroatoms. The maximum Gasteiger partial charge on any atom is 0.131 e. The summed E-state index contributed by atoms with van der Waals surface area (Å²) in [5.41, 5.74) is 7.91. The number of anilines is 1. The van der Waals surface area contributed by atoms with E-state index in [1.807, 2.05) is 6.20 Å². The number of hydrogen-bond donors (Lipinski definition) is 1. The highest BCUT2D eigenvalue weighted by Crippen LogP contribution is 2.20. The fraction of sp³-hybridized carbons (Fsp3) is 0.615. The number of nitrogens with zero attached hydrogens (tertiary/aromatic N) is 2. The van der Waals surface area contributed by atoms with Crippen LogP contribution in [0.15, 0.2) is 12.3 Å². The molecule has 1 aromatic rings. The fourth-order valence-electron chi connectivity index (χ4n) is 2.12. The van der Waals surface area contributed by atoms with Crippen LogP contribution in [0.25, 0.3) is 0 Å². The molecule has 1 rings (SSSR count). The van der Waals surface area contributed by atoms with Crippen LogP contribution in [0, 0.1) is 6.92 Å². The van der Waals surface area contributed by atoms with Crippen LogP contribution < -0.4 is 10.6 Å². The highest BCUT2D eigenvalue weighted by Gasteiger charge is 2.14. The van der Waals surface area contributed by atoms with Crippen LogP contribution in [-0.2, 0) is 6.54 Å². The van der Waals surface area contributed by atoms with Gasteiger partial charge in [0, 0.05) is 25.8 Å². The molecule has 0 unspecified atom stereocenters. The standard InChI is InChI=1S/C13H23N3/c1-5-12(6-2)16(4)13-10(3)7-11(8-14)9-15-13/h7,9,12H,5-6,8,14H2,1-4H3. The van der Waals surface area contributed by atoms with E-state index in [1.165, 1.54) is 5.56 Å². The van der Waals surface area contributed by atoms with Crippen molar-refractivity contribution in [3.8, 4) is 0 Å². The van der Waals surface area contributed by atoms with Gasteiger partial charge in [0.25, 0.3) is 0 Å².